The molecule has 8 heteroatoms. The minimum absolute atomic E-state index is 0.178. The van der Waals surface area contributed by atoms with Crippen molar-refractivity contribution in [3.8, 4) is 5.75 Å². The maximum atomic E-state index is 12.3. The zero-order valence-electron chi connectivity index (χ0n) is 13.6. The van der Waals surface area contributed by atoms with Crippen LogP contribution in [0.25, 0.3) is 0 Å². The summed E-state index contributed by atoms with van der Waals surface area (Å²) in [4.78, 5) is 0. The lowest BCUT2D eigenvalue weighted by atomic mass is 9.95. The molecule has 0 N–H and O–H groups in total. The summed E-state index contributed by atoms with van der Waals surface area (Å²) in [5.41, 5.74) is 0.131. The first-order chi connectivity index (χ1) is 11.6. The Balaban J connectivity index is 1.65. The van der Waals surface area contributed by atoms with Gasteiger partial charge in [-0.15, -0.1) is 36.4 Å². The van der Waals surface area contributed by atoms with E-state index in [1.807, 2.05) is 6.92 Å². The summed E-state index contributed by atoms with van der Waals surface area (Å²) in [6.07, 6.45) is -2.04. The third-order valence-electron chi connectivity index (χ3n) is 5.02. The summed E-state index contributed by atoms with van der Waals surface area (Å²) in [5, 5.41) is 0. The first kappa shape index (κ1) is 19.1. The molecule has 25 heavy (non-hydrogen) atoms. The SMILES string of the molecule is CC1(c2ccc(OC(F)(F)F)cc2)C(COC2CCCCO2)C1(Cl)Cl. The van der Waals surface area contributed by atoms with Gasteiger partial charge >= 0.3 is 6.36 Å². The van der Waals surface area contributed by atoms with E-state index in [1.165, 1.54) is 12.1 Å². The number of rotatable bonds is 5. The molecule has 3 unspecified atom stereocenters. The van der Waals surface area contributed by atoms with E-state index in [1.54, 1.807) is 12.1 Å². The lowest BCUT2D eigenvalue weighted by molar-refractivity contribution is -0.274. The first-order valence-corrected chi connectivity index (χ1v) is 8.87. The standard InChI is InChI=1S/C17H19Cl2F3O3/c1-15(11-5-7-12(8-6-11)25-17(20,21)22)13(16(15,18)19)10-24-14-4-2-3-9-23-14/h5-8,13-14H,2-4,9-10H2,1H3. The molecule has 1 aliphatic heterocycles. The predicted molar refractivity (Wildman–Crippen MR) is 87.9 cm³/mol. The van der Waals surface area contributed by atoms with Crippen LogP contribution in [0, 0.1) is 5.92 Å². The van der Waals surface area contributed by atoms with Crippen molar-refractivity contribution in [2.24, 2.45) is 5.92 Å². The molecule has 0 bridgehead atoms. The Morgan fingerprint density at radius 3 is 2.44 bits per heavy atom. The molecule has 1 aromatic rings. The van der Waals surface area contributed by atoms with E-state index < -0.39 is 16.1 Å². The Kier molecular flexibility index (Phi) is 5.19. The molecule has 1 aromatic carbocycles. The summed E-state index contributed by atoms with van der Waals surface area (Å²) in [7, 11) is 0. The van der Waals surface area contributed by atoms with Gasteiger partial charge in [0.2, 0.25) is 0 Å². The van der Waals surface area contributed by atoms with Crippen molar-refractivity contribution in [2.75, 3.05) is 13.2 Å². The minimum Gasteiger partial charge on any atom is -0.406 e. The van der Waals surface area contributed by atoms with Crippen molar-refractivity contribution >= 4 is 23.2 Å². The summed E-state index contributed by atoms with van der Waals surface area (Å²) in [6.45, 7) is 2.89. The van der Waals surface area contributed by atoms with Crippen LogP contribution in [0.3, 0.4) is 0 Å². The Bertz CT molecular complexity index is 600. The Morgan fingerprint density at radius 2 is 1.88 bits per heavy atom. The van der Waals surface area contributed by atoms with Crippen LogP contribution in [0.4, 0.5) is 13.2 Å². The highest BCUT2D eigenvalue weighted by Crippen LogP contribution is 2.69. The molecule has 1 saturated carbocycles. The van der Waals surface area contributed by atoms with Gasteiger partial charge < -0.3 is 14.2 Å². The molecule has 1 heterocycles. The highest BCUT2D eigenvalue weighted by molar-refractivity contribution is 6.52. The molecule has 1 saturated heterocycles. The van der Waals surface area contributed by atoms with Crippen LogP contribution in [0.5, 0.6) is 5.75 Å². The van der Waals surface area contributed by atoms with E-state index in [-0.39, 0.29) is 18.0 Å². The van der Waals surface area contributed by atoms with Gasteiger partial charge in [-0.2, -0.15) is 0 Å². The number of alkyl halides is 5. The van der Waals surface area contributed by atoms with E-state index in [2.05, 4.69) is 4.74 Å². The van der Waals surface area contributed by atoms with Crippen LogP contribution in [0.1, 0.15) is 31.7 Å². The van der Waals surface area contributed by atoms with Crippen molar-refractivity contribution in [2.45, 2.75) is 48.6 Å². The Morgan fingerprint density at radius 1 is 1.20 bits per heavy atom. The number of halogens is 5. The molecule has 2 aliphatic rings. The van der Waals surface area contributed by atoms with Crippen molar-refractivity contribution < 1.29 is 27.4 Å². The van der Waals surface area contributed by atoms with Crippen LogP contribution >= 0.6 is 23.2 Å². The fourth-order valence-electron chi connectivity index (χ4n) is 3.33. The van der Waals surface area contributed by atoms with Gasteiger partial charge in [0.1, 0.15) is 10.1 Å². The molecule has 0 spiro atoms. The lowest BCUT2D eigenvalue weighted by Crippen LogP contribution is -2.24. The van der Waals surface area contributed by atoms with Crippen molar-refractivity contribution in [3.05, 3.63) is 29.8 Å². The Hall–Kier alpha value is -0.690. The number of hydrogen-bond acceptors (Lipinski definition) is 3. The predicted octanol–water partition coefficient (Wildman–Crippen LogP) is 5.19. The normalized spacial score (nSPS) is 31.6. The van der Waals surface area contributed by atoms with Gasteiger partial charge in [0.25, 0.3) is 0 Å². The molecule has 0 amide bonds. The van der Waals surface area contributed by atoms with Gasteiger partial charge in [-0.25, -0.2) is 0 Å². The van der Waals surface area contributed by atoms with Crippen molar-refractivity contribution in [3.63, 3.8) is 0 Å². The molecular weight excluding hydrogens is 380 g/mol. The van der Waals surface area contributed by atoms with E-state index >= 15 is 0 Å². The van der Waals surface area contributed by atoms with Gasteiger partial charge in [-0.3, -0.25) is 0 Å². The summed E-state index contributed by atoms with van der Waals surface area (Å²) in [6, 6.07) is 5.63. The average molecular weight is 399 g/mol. The smallest absolute Gasteiger partial charge is 0.406 e. The lowest BCUT2D eigenvalue weighted by Gasteiger charge is -2.23. The molecular formula is C17H19Cl2F3O3. The fraction of sp³-hybridized carbons (Fsp3) is 0.647. The quantitative estimate of drug-likeness (QED) is 0.638. The summed E-state index contributed by atoms with van der Waals surface area (Å²) < 4.78 is 50.9. The summed E-state index contributed by atoms with van der Waals surface area (Å²) in [5.74, 6) is -0.457. The topological polar surface area (TPSA) is 27.7 Å². The van der Waals surface area contributed by atoms with E-state index in [0.29, 0.717) is 13.2 Å². The highest BCUT2D eigenvalue weighted by Gasteiger charge is 2.73. The molecule has 3 atom stereocenters. The van der Waals surface area contributed by atoms with Gasteiger partial charge in [0.15, 0.2) is 6.29 Å². The second-order valence-corrected chi connectivity index (χ2v) is 7.97. The third-order valence-corrected chi connectivity index (χ3v) is 6.33. The van der Waals surface area contributed by atoms with Crippen LogP contribution in [-0.4, -0.2) is 30.2 Å². The number of benzene rings is 1. The van der Waals surface area contributed by atoms with Gasteiger partial charge in [0.05, 0.1) is 6.61 Å². The zero-order valence-corrected chi connectivity index (χ0v) is 15.1. The largest absolute Gasteiger partial charge is 0.573 e. The molecule has 3 nitrogen and oxygen atoms in total. The zero-order chi connectivity index (χ0) is 18.3. The number of ether oxygens (including phenoxy) is 3. The molecule has 2 fully saturated rings. The van der Waals surface area contributed by atoms with Gasteiger partial charge in [0, 0.05) is 17.9 Å². The van der Waals surface area contributed by atoms with Crippen molar-refractivity contribution in [1.29, 1.82) is 0 Å². The van der Waals surface area contributed by atoms with Crippen LogP contribution in [0.2, 0.25) is 0 Å². The fourth-order valence-corrected chi connectivity index (χ4v) is 4.26. The third kappa shape index (κ3) is 3.87. The van der Waals surface area contributed by atoms with E-state index in [9.17, 15) is 13.2 Å². The van der Waals surface area contributed by atoms with E-state index in [0.717, 1.165) is 24.8 Å². The van der Waals surface area contributed by atoms with Crippen LogP contribution in [0.15, 0.2) is 24.3 Å². The molecule has 0 radical (unpaired) electrons. The minimum atomic E-state index is -4.72. The van der Waals surface area contributed by atoms with Crippen LogP contribution in [-0.2, 0) is 14.9 Å². The monoisotopic (exact) mass is 398 g/mol. The van der Waals surface area contributed by atoms with Gasteiger partial charge in [-0.1, -0.05) is 19.1 Å². The highest BCUT2D eigenvalue weighted by atomic mass is 35.5. The average Bonchev–Trinajstić information content (AvgIpc) is 2.98. The number of hydrogen-bond donors (Lipinski definition) is 0. The molecule has 0 aromatic heterocycles. The molecule has 140 valence electrons. The maximum absolute atomic E-state index is 12.3. The first-order valence-electron chi connectivity index (χ1n) is 8.12. The molecule has 3 rings (SSSR count). The Labute approximate surface area is 154 Å². The van der Waals surface area contributed by atoms with Crippen molar-refractivity contribution in [1.82, 2.24) is 0 Å². The second-order valence-electron chi connectivity index (χ2n) is 6.58. The van der Waals surface area contributed by atoms with Crippen LogP contribution < -0.4 is 4.74 Å². The van der Waals surface area contributed by atoms with Gasteiger partial charge in [-0.05, 0) is 37.0 Å². The van der Waals surface area contributed by atoms with E-state index in [4.69, 9.17) is 32.7 Å². The maximum Gasteiger partial charge on any atom is 0.573 e. The summed E-state index contributed by atoms with van der Waals surface area (Å²) >= 11 is 12.9. The molecule has 1 aliphatic carbocycles. The second kappa shape index (κ2) is 6.80.